The largest absolute Gasteiger partial charge is 0.411 e. The highest BCUT2D eigenvalue weighted by Gasteiger charge is 2.27. The third-order valence-corrected chi connectivity index (χ3v) is 2.38. The molecule has 0 saturated carbocycles. The van der Waals surface area contributed by atoms with Crippen molar-refractivity contribution in [2.75, 3.05) is 13.2 Å². The molecule has 0 aliphatic rings. The Morgan fingerprint density at radius 1 is 1.33 bits per heavy atom. The molecule has 0 atom stereocenters. The van der Waals surface area contributed by atoms with Gasteiger partial charge in [-0.3, -0.25) is 9.13 Å². The molecule has 0 amide bonds. The molecule has 0 aliphatic heterocycles. The quantitative estimate of drug-likeness (QED) is 0.740. The van der Waals surface area contributed by atoms with Gasteiger partial charge in [0, 0.05) is 31.6 Å². The molecule has 4 nitrogen and oxygen atoms in total. The maximum Gasteiger partial charge on any atom is 0.411 e. The number of nitrogens with zero attached hydrogens (tertiary/aromatic N) is 2. The molecule has 0 unspecified atom stereocenters. The fourth-order valence-corrected chi connectivity index (χ4v) is 1.52. The van der Waals surface area contributed by atoms with E-state index in [4.69, 9.17) is 0 Å². The molecule has 0 bridgehead atoms. The lowest BCUT2D eigenvalue weighted by atomic mass is 10.4. The van der Waals surface area contributed by atoms with Gasteiger partial charge in [-0.15, -0.1) is 0 Å². The van der Waals surface area contributed by atoms with Crippen molar-refractivity contribution in [1.29, 1.82) is 0 Å². The van der Waals surface area contributed by atoms with Gasteiger partial charge in [0.15, 0.2) is 0 Å². The molecular weight excluding hydrogens is 249 g/mol. The summed E-state index contributed by atoms with van der Waals surface area (Å²) in [6.45, 7) is 2.88. The first-order valence-corrected chi connectivity index (χ1v) is 5.73. The van der Waals surface area contributed by atoms with Crippen molar-refractivity contribution in [2.24, 2.45) is 0 Å². The van der Waals surface area contributed by atoms with E-state index in [9.17, 15) is 18.0 Å². The molecule has 0 aliphatic carbocycles. The number of aryl methyl sites for hydroxylation is 1. The Morgan fingerprint density at radius 2 is 2.00 bits per heavy atom. The van der Waals surface area contributed by atoms with Crippen molar-refractivity contribution in [2.45, 2.75) is 39.0 Å². The molecule has 1 rings (SSSR count). The first kappa shape index (κ1) is 14.8. The van der Waals surface area contributed by atoms with Gasteiger partial charge < -0.3 is 4.74 Å². The number of aromatic nitrogens is 2. The Balaban J connectivity index is 2.34. The van der Waals surface area contributed by atoms with Crippen LogP contribution in [-0.4, -0.2) is 28.5 Å². The first-order valence-electron chi connectivity index (χ1n) is 5.73. The number of ether oxygens (including phenoxy) is 1. The molecule has 0 N–H and O–H groups in total. The molecule has 18 heavy (non-hydrogen) atoms. The summed E-state index contributed by atoms with van der Waals surface area (Å²) in [5.74, 6) is 0. The van der Waals surface area contributed by atoms with Crippen LogP contribution in [0.25, 0.3) is 0 Å². The zero-order valence-electron chi connectivity index (χ0n) is 10.4. The highest BCUT2D eigenvalue weighted by molar-refractivity contribution is 4.83. The van der Waals surface area contributed by atoms with Crippen LogP contribution >= 0.6 is 0 Å². The monoisotopic (exact) mass is 266 g/mol. The zero-order chi connectivity index (χ0) is 13.8. The molecule has 7 heteroatoms. The predicted octanol–water partition coefficient (Wildman–Crippen LogP) is 2.20. The second kappa shape index (κ2) is 6.08. The molecule has 1 aromatic rings. The standard InChI is InChI=1S/C11H17F3N2O2/c1-9(2)16-6-5-15(10(16)17)4-3-7-18-8-11(12,13)14/h5-6,9H,3-4,7-8H2,1-2H3. The van der Waals surface area contributed by atoms with Gasteiger partial charge in [-0.1, -0.05) is 0 Å². The van der Waals surface area contributed by atoms with Crippen LogP contribution in [0.5, 0.6) is 0 Å². The smallest absolute Gasteiger partial charge is 0.372 e. The molecule has 0 fully saturated rings. The summed E-state index contributed by atoms with van der Waals surface area (Å²) >= 11 is 0. The Kier molecular flexibility index (Phi) is 5.01. The fraction of sp³-hybridized carbons (Fsp3) is 0.727. The number of rotatable bonds is 6. The molecule has 0 radical (unpaired) electrons. The summed E-state index contributed by atoms with van der Waals surface area (Å²) in [5, 5.41) is 0. The van der Waals surface area contributed by atoms with E-state index in [0.717, 1.165) is 0 Å². The highest BCUT2D eigenvalue weighted by Crippen LogP contribution is 2.14. The predicted molar refractivity (Wildman–Crippen MR) is 60.6 cm³/mol. The minimum atomic E-state index is -4.29. The highest BCUT2D eigenvalue weighted by atomic mass is 19.4. The van der Waals surface area contributed by atoms with Crippen molar-refractivity contribution in [3.05, 3.63) is 22.9 Å². The SMILES string of the molecule is CC(C)n1ccn(CCCOCC(F)(F)F)c1=O. The van der Waals surface area contributed by atoms with Crippen LogP contribution in [0, 0.1) is 0 Å². The van der Waals surface area contributed by atoms with E-state index in [-0.39, 0.29) is 18.3 Å². The maximum atomic E-state index is 11.8. The Bertz CT molecular complexity index is 421. The third-order valence-electron chi connectivity index (χ3n) is 2.38. The third kappa shape index (κ3) is 4.56. The lowest BCUT2D eigenvalue weighted by Gasteiger charge is -2.07. The summed E-state index contributed by atoms with van der Waals surface area (Å²) in [4.78, 5) is 11.7. The second-order valence-corrected chi connectivity index (χ2v) is 4.30. The number of hydrogen-bond acceptors (Lipinski definition) is 2. The summed E-state index contributed by atoms with van der Waals surface area (Å²) in [6, 6.07) is 0.0697. The normalized spacial score (nSPS) is 12.3. The summed E-state index contributed by atoms with van der Waals surface area (Å²) in [5.41, 5.74) is -0.152. The van der Waals surface area contributed by atoms with Crippen molar-refractivity contribution in [1.82, 2.24) is 9.13 Å². The van der Waals surface area contributed by atoms with Crippen molar-refractivity contribution < 1.29 is 17.9 Å². The van der Waals surface area contributed by atoms with Crippen molar-refractivity contribution in [3.63, 3.8) is 0 Å². The van der Waals surface area contributed by atoms with Crippen molar-refractivity contribution in [3.8, 4) is 0 Å². The number of hydrogen-bond donors (Lipinski definition) is 0. The van der Waals surface area contributed by atoms with Crippen LogP contribution in [0.2, 0.25) is 0 Å². The van der Waals surface area contributed by atoms with E-state index >= 15 is 0 Å². The Labute approximate surface area is 103 Å². The number of alkyl halides is 3. The fourth-order valence-electron chi connectivity index (χ4n) is 1.52. The Morgan fingerprint density at radius 3 is 2.50 bits per heavy atom. The van der Waals surface area contributed by atoms with Crippen LogP contribution in [0.4, 0.5) is 13.2 Å². The van der Waals surface area contributed by atoms with Gasteiger partial charge in [0.1, 0.15) is 6.61 Å². The van der Waals surface area contributed by atoms with E-state index in [1.54, 1.807) is 17.0 Å². The molecule has 1 aromatic heterocycles. The van der Waals surface area contributed by atoms with Gasteiger partial charge in [0.2, 0.25) is 0 Å². The average molecular weight is 266 g/mol. The van der Waals surface area contributed by atoms with E-state index in [0.29, 0.717) is 13.0 Å². The summed E-state index contributed by atoms with van der Waals surface area (Å²) < 4.78 is 42.8. The molecular formula is C11H17F3N2O2. The number of halogens is 3. The van der Waals surface area contributed by atoms with Crippen LogP contribution in [0.3, 0.4) is 0 Å². The van der Waals surface area contributed by atoms with Crippen molar-refractivity contribution >= 4 is 0 Å². The first-order chi connectivity index (χ1) is 8.31. The lowest BCUT2D eigenvalue weighted by Crippen LogP contribution is -2.25. The molecule has 1 heterocycles. The molecule has 0 saturated heterocycles. The molecule has 104 valence electrons. The van der Waals surface area contributed by atoms with E-state index in [2.05, 4.69) is 4.74 Å². The van der Waals surface area contributed by atoms with Crippen LogP contribution < -0.4 is 5.69 Å². The number of imidazole rings is 1. The molecule has 0 spiro atoms. The van der Waals surface area contributed by atoms with E-state index in [1.165, 1.54) is 4.57 Å². The average Bonchev–Trinajstić information content (AvgIpc) is 2.58. The Hall–Kier alpha value is -1.24. The zero-order valence-corrected chi connectivity index (χ0v) is 10.4. The minimum Gasteiger partial charge on any atom is -0.372 e. The van der Waals surface area contributed by atoms with E-state index < -0.39 is 12.8 Å². The van der Waals surface area contributed by atoms with Gasteiger partial charge in [0.05, 0.1) is 0 Å². The maximum absolute atomic E-state index is 11.8. The van der Waals surface area contributed by atoms with Gasteiger partial charge in [0.25, 0.3) is 0 Å². The van der Waals surface area contributed by atoms with Gasteiger partial charge >= 0.3 is 11.9 Å². The summed E-state index contributed by atoms with van der Waals surface area (Å²) in [7, 11) is 0. The van der Waals surface area contributed by atoms with Crippen LogP contribution in [0.15, 0.2) is 17.2 Å². The van der Waals surface area contributed by atoms with Crippen LogP contribution in [0.1, 0.15) is 26.3 Å². The molecule has 0 aromatic carbocycles. The topological polar surface area (TPSA) is 36.2 Å². The summed E-state index contributed by atoms with van der Waals surface area (Å²) in [6.07, 6.45) is -0.619. The van der Waals surface area contributed by atoms with Gasteiger partial charge in [-0.2, -0.15) is 13.2 Å². The van der Waals surface area contributed by atoms with Gasteiger partial charge in [-0.25, -0.2) is 4.79 Å². The van der Waals surface area contributed by atoms with Crippen LogP contribution in [-0.2, 0) is 11.3 Å². The van der Waals surface area contributed by atoms with E-state index in [1.807, 2.05) is 13.8 Å². The van der Waals surface area contributed by atoms with Gasteiger partial charge in [-0.05, 0) is 20.3 Å². The lowest BCUT2D eigenvalue weighted by molar-refractivity contribution is -0.174. The minimum absolute atomic E-state index is 0.0151. The second-order valence-electron chi connectivity index (χ2n) is 4.30.